The molecule has 0 N–H and O–H groups in total. The third-order valence-electron chi connectivity index (χ3n) is 2.87. The van der Waals surface area contributed by atoms with Crippen LogP contribution in [0, 0.1) is 0 Å². The van der Waals surface area contributed by atoms with Crippen LogP contribution in [0.2, 0.25) is 0 Å². The average molecular weight is 317 g/mol. The fourth-order valence-corrected chi connectivity index (χ4v) is 2.86. The summed E-state index contributed by atoms with van der Waals surface area (Å²) in [4.78, 5) is 35.2. The van der Waals surface area contributed by atoms with Gasteiger partial charge in [-0.1, -0.05) is 30.3 Å². The molecule has 0 spiro atoms. The van der Waals surface area contributed by atoms with Gasteiger partial charge in [0.2, 0.25) is 22.5 Å². The first-order valence-corrected chi connectivity index (χ1v) is 7.42. The quantitative estimate of drug-likeness (QED) is 0.796. The number of imide groups is 1. The van der Waals surface area contributed by atoms with E-state index in [2.05, 4.69) is 5.10 Å². The largest absolute Gasteiger partial charge is 0.274 e. The molecular weight excluding hydrogens is 302 g/mol. The molecule has 2 rings (SSSR count). The molecule has 0 aliphatic heterocycles. The van der Waals surface area contributed by atoms with Crippen LogP contribution < -0.4 is 4.80 Å². The third kappa shape index (κ3) is 3.20. The summed E-state index contributed by atoms with van der Waals surface area (Å²) in [6.45, 7) is 3.90. The van der Waals surface area contributed by atoms with Crippen LogP contribution in [0.5, 0.6) is 0 Å². The number of nitrogens with zero attached hydrogens (tertiary/aromatic N) is 3. The predicted molar refractivity (Wildman–Crippen MR) is 82.8 cm³/mol. The summed E-state index contributed by atoms with van der Waals surface area (Å²) in [6.07, 6.45) is 0. The molecule has 2 amide bonds. The van der Waals surface area contributed by atoms with E-state index in [0.717, 1.165) is 10.6 Å². The van der Waals surface area contributed by atoms with Crippen molar-refractivity contribution in [2.24, 2.45) is 5.10 Å². The Balaban J connectivity index is 2.64. The first-order valence-electron chi connectivity index (χ1n) is 6.54. The van der Waals surface area contributed by atoms with E-state index < -0.39 is 11.8 Å². The molecule has 2 aromatic rings. The smallest absolute Gasteiger partial charge is 0.246 e. The summed E-state index contributed by atoms with van der Waals surface area (Å²) in [7, 11) is 0. The molecule has 114 valence electrons. The fourth-order valence-electron chi connectivity index (χ4n) is 1.94. The average Bonchev–Trinajstić information content (AvgIpc) is 2.88. The van der Waals surface area contributed by atoms with Gasteiger partial charge >= 0.3 is 0 Å². The second-order valence-electron chi connectivity index (χ2n) is 4.57. The van der Waals surface area contributed by atoms with Gasteiger partial charge in [0.25, 0.3) is 0 Å². The van der Waals surface area contributed by atoms with Crippen molar-refractivity contribution in [1.82, 2.24) is 9.58 Å². The van der Waals surface area contributed by atoms with Gasteiger partial charge in [-0.25, -0.2) is 0 Å². The molecule has 0 aliphatic rings. The molecule has 7 heteroatoms. The van der Waals surface area contributed by atoms with Gasteiger partial charge in [-0.3, -0.25) is 19.0 Å². The molecule has 1 aromatic heterocycles. The van der Waals surface area contributed by atoms with Crippen LogP contribution in [0.25, 0.3) is 11.3 Å². The zero-order valence-corrected chi connectivity index (χ0v) is 13.3. The number of carbonyl (C=O) groups is 3. The highest BCUT2D eigenvalue weighted by Gasteiger charge is 2.16. The topological polar surface area (TPSA) is 71.7 Å². The summed E-state index contributed by atoms with van der Waals surface area (Å²) in [6, 6.07) is 9.36. The Morgan fingerprint density at radius 2 is 1.64 bits per heavy atom. The lowest BCUT2D eigenvalue weighted by Crippen LogP contribution is -2.33. The molecule has 0 radical (unpaired) electrons. The highest BCUT2D eigenvalue weighted by Crippen LogP contribution is 2.19. The number of carbonyl (C=O) groups excluding carboxylic acids is 3. The molecule has 1 aromatic carbocycles. The van der Waals surface area contributed by atoms with E-state index in [4.69, 9.17) is 0 Å². The van der Waals surface area contributed by atoms with Crippen LogP contribution in [0.4, 0.5) is 0 Å². The van der Waals surface area contributed by atoms with Gasteiger partial charge in [-0.15, -0.1) is 16.4 Å². The first-order chi connectivity index (χ1) is 10.4. The van der Waals surface area contributed by atoms with Gasteiger partial charge in [0.15, 0.2) is 0 Å². The van der Waals surface area contributed by atoms with Crippen molar-refractivity contribution in [2.45, 2.75) is 20.8 Å². The third-order valence-corrected chi connectivity index (χ3v) is 3.69. The van der Waals surface area contributed by atoms with Crippen LogP contribution >= 0.6 is 11.3 Å². The molecule has 0 bridgehead atoms. The van der Waals surface area contributed by atoms with Crippen molar-refractivity contribution < 1.29 is 14.4 Å². The van der Waals surface area contributed by atoms with Crippen LogP contribution in [0.3, 0.4) is 0 Å². The number of amides is 2. The molecule has 0 saturated heterocycles. The van der Waals surface area contributed by atoms with E-state index in [-0.39, 0.29) is 10.7 Å². The lowest BCUT2D eigenvalue weighted by Gasteiger charge is -2.10. The Kier molecular flexibility index (Phi) is 4.67. The van der Waals surface area contributed by atoms with Gasteiger partial charge in [0.1, 0.15) is 0 Å². The maximum absolute atomic E-state index is 12.0. The molecule has 0 atom stereocenters. The summed E-state index contributed by atoms with van der Waals surface area (Å²) >= 11 is 1.19. The summed E-state index contributed by atoms with van der Waals surface area (Å²) < 4.78 is 1.39. The maximum Gasteiger partial charge on any atom is 0.246 e. The molecular formula is C15H15N3O3S. The van der Waals surface area contributed by atoms with Gasteiger partial charge in [-0.05, 0) is 5.56 Å². The number of benzene rings is 1. The van der Waals surface area contributed by atoms with Crippen molar-refractivity contribution >= 4 is 29.1 Å². The normalized spacial score (nSPS) is 11.3. The Morgan fingerprint density at radius 1 is 1.05 bits per heavy atom. The standard InChI is InChI=1S/C15H15N3O3S/c1-10(19)17-14(13-7-5-4-6-8-13)9-22-15(17)16-18(11(2)20)12(3)21/h4-9H,1-3H3/b16-15+. The Hall–Kier alpha value is -2.54. The number of hydrogen-bond donors (Lipinski definition) is 0. The Bertz CT molecular complexity index is 776. The van der Waals surface area contributed by atoms with E-state index >= 15 is 0 Å². The Morgan fingerprint density at radius 3 is 2.14 bits per heavy atom. The minimum absolute atomic E-state index is 0.245. The summed E-state index contributed by atoms with van der Waals surface area (Å²) in [5.41, 5.74) is 1.52. The minimum Gasteiger partial charge on any atom is -0.274 e. The maximum atomic E-state index is 12.0. The van der Waals surface area contributed by atoms with Crippen molar-refractivity contribution in [3.8, 4) is 11.3 Å². The van der Waals surface area contributed by atoms with Crippen LogP contribution in [0.1, 0.15) is 25.6 Å². The van der Waals surface area contributed by atoms with Crippen molar-refractivity contribution in [3.63, 3.8) is 0 Å². The number of rotatable bonds is 2. The summed E-state index contributed by atoms with van der Waals surface area (Å²) in [5, 5.41) is 6.54. The summed E-state index contributed by atoms with van der Waals surface area (Å²) in [5.74, 6) is -1.25. The van der Waals surface area contributed by atoms with Gasteiger partial charge in [0, 0.05) is 26.2 Å². The minimum atomic E-state index is -0.503. The van der Waals surface area contributed by atoms with Gasteiger partial charge in [-0.2, -0.15) is 5.01 Å². The zero-order valence-electron chi connectivity index (χ0n) is 12.4. The zero-order chi connectivity index (χ0) is 16.3. The molecule has 0 aliphatic carbocycles. The number of hydrogen-bond acceptors (Lipinski definition) is 5. The van der Waals surface area contributed by atoms with Crippen molar-refractivity contribution in [1.29, 1.82) is 0 Å². The number of thiazole rings is 1. The van der Waals surface area contributed by atoms with E-state index in [1.165, 1.54) is 36.7 Å². The SMILES string of the molecule is CC(=O)N(/N=c1/scc(-c2ccccc2)n1C(C)=O)C(C)=O. The highest BCUT2D eigenvalue weighted by molar-refractivity contribution is 7.07. The van der Waals surface area contributed by atoms with Crippen LogP contribution in [-0.4, -0.2) is 27.3 Å². The molecule has 0 fully saturated rings. The highest BCUT2D eigenvalue weighted by atomic mass is 32.1. The fraction of sp³-hybridized carbons (Fsp3) is 0.200. The predicted octanol–water partition coefficient (Wildman–Crippen LogP) is 2.09. The van der Waals surface area contributed by atoms with Crippen molar-refractivity contribution in [2.75, 3.05) is 0 Å². The first kappa shape index (κ1) is 15.8. The lowest BCUT2D eigenvalue weighted by atomic mass is 10.2. The van der Waals surface area contributed by atoms with E-state index in [9.17, 15) is 14.4 Å². The van der Waals surface area contributed by atoms with Crippen LogP contribution in [0.15, 0.2) is 40.8 Å². The van der Waals surface area contributed by atoms with Crippen molar-refractivity contribution in [3.05, 3.63) is 40.5 Å². The van der Waals surface area contributed by atoms with Gasteiger partial charge in [0.05, 0.1) is 5.69 Å². The Labute approximate surface area is 131 Å². The molecule has 0 saturated carbocycles. The van der Waals surface area contributed by atoms with Gasteiger partial charge < -0.3 is 0 Å². The molecule has 22 heavy (non-hydrogen) atoms. The van der Waals surface area contributed by atoms with E-state index in [1.54, 1.807) is 5.38 Å². The van der Waals surface area contributed by atoms with Crippen LogP contribution in [-0.2, 0) is 9.59 Å². The van der Waals surface area contributed by atoms with E-state index in [0.29, 0.717) is 5.69 Å². The lowest BCUT2D eigenvalue weighted by molar-refractivity contribution is -0.142. The van der Waals surface area contributed by atoms with E-state index in [1.807, 2.05) is 30.3 Å². The monoisotopic (exact) mass is 317 g/mol. The second-order valence-corrected chi connectivity index (χ2v) is 5.41. The number of aromatic nitrogens is 1. The molecule has 6 nitrogen and oxygen atoms in total. The second kappa shape index (κ2) is 6.48. The molecule has 0 unspecified atom stereocenters. The molecule has 1 heterocycles.